The molecule has 80 heavy (non-hydrogen) atoms. The largest absolute Gasteiger partial charge is 0.379 e. The van der Waals surface area contributed by atoms with E-state index in [-0.39, 0.29) is 107 Å². The number of ether oxygens (including phenoxy) is 3. The van der Waals surface area contributed by atoms with E-state index in [4.69, 9.17) is 14.2 Å². The van der Waals surface area contributed by atoms with E-state index in [1.165, 1.54) is 37.8 Å². The van der Waals surface area contributed by atoms with E-state index in [0.717, 1.165) is 49.8 Å². The lowest BCUT2D eigenvalue weighted by molar-refractivity contribution is -0.137. The van der Waals surface area contributed by atoms with Crippen LogP contribution in [0.25, 0.3) is 0 Å². The fourth-order valence-corrected chi connectivity index (χ4v) is 9.07. The van der Waals surface area contributed by atoms with Crippen LogP contribution in [0.3, 0.4) is 0 Å². The Morgan fingerprint density at radius 1 is 0.562 bits per heavy atom. The number of allylic oxidation sites excluding steroid dienone is 4. The van der Waals surface area contributed by atoms with Gasteiger partial charge >= 0.3 is 0 Å². The van der Waals surface area contributed by atoms with Crippen molar-refractivity contribution in [3.8, 4) is 0 Å². The van der Waals surface area contributed by atoms with Gasteiger partial charge in [-0.15, -0.1) is 0 Å². The molecule has 2 atom stereocenters. The first-order valence-electron chi connectivity index (χ1n) is 29.7. The van der Waals surface area contributed by atoms with Crippen LogP contribution >= 0.6 is 0 Å². The van der Waals surface area contributed by atoms with E-state index in [0.29, 0.717) is 50.1 Å². The molecule has 0 saturated carbocycles. The van der Waals surface area contributed by atoms with Crippen LogP contribution in [0.15, 0.2) is 36.5 Å². The number of unbranched alkanes of at least 4 members (excludes halogenated alkanes) is 1. The number of amides is 8. The monoisotopic (exact) mass is 1130 g/mol. The van der Waals surface area contributed by atoms with E-state index in [2.05, 4.69) is 112 Å². The first-order chi connectivity index (χ1) is 37.5. The van der Waals surface area contributed by atoms with Gasteiger partial charge in [0.25, 0.3) is 11.8 Å². The quantitative estimate of drug-likeness (QED) is 0.0193. The molecule has 0 spiro atoms. The number of rotatable bonds is 46. The van der Waals surface area contributed by atoms with Gasteiger partial charge < -0.3 is 46.1 Å². The van der Waals surface area contributed by atoms with Crippen LogP contribution in [0.2, 0.25) is 0 Å². The normalized spacial score (nSPS) is 14.2. The molecular formula is C62H109N7O11. The average molecular weight is 1130 g/mol. The summed E-state index contributed by atoms with van der Waals surface area (Å²) < 4.78 is 17.3. The van der Waals surface area contributed by atoms with Crippen LogP contribution < -0.4 is 31.9 Å². The Morgan fingerprint density at radius 2 is 1.06 bits per heavy atom. The molecular weight excluding hydrogens is 1020 g/mol. The Bertz CT molecular complexity index is 1980. The standard InChI is InChI=1S/C62H109N7O11/c1-14-28-58(4,5)30-18-16-17-19-33-62(12,13)57(77)66-38-42-79-46-48(3)45-67-50(70)23-22-49(68-53(73)44-61(10,11)47-80-43-36-64-52(72)27-39-69-54(74)24-25-55(69)75)56(76)65-37-41-78-40-35-63-51(71)26-34-60(8,9)32-21-20-31-59(6,7)29-15-2/h16,18,20-21,24-25,48-49H,14-15,17,19,22-23,26-47H2,1-13H3,(H,63,71)(H,64,72)(H,65,76)(H,66,77)(H,67,70)(H,68,73)/b18-16-,21-20-/t48?,49-/m0/s1. The topological polar surface area (TPSA) is 240 Å². The summed E-state index contributed by atoms with van der Waals surface area (Å²) >= 11 is 0. The smallest absolute Gasteiger partial charge is 0.253 e. The van der Waals surface area contributed by atoms with Gasteiger partial charge in [0.05, 0.1) is 39.6 Å². The van der Waals surface area contributed by atoms with Gasteiger partial charge in [0.15, 0.2) is 0 Å². The van der Waals surface area contributed by atoms with Crippen LogP contribution in [-0.4, -0.2) is 137 Å². The number of hydrogen-bond donors (Lipinski definition) is 6. The molecule has 6 N–H and O–H groups in total. The summed E-state index contributed by atoms with van der Waals surface area (Å²) in [7, 11) is 0. The second-order valence-electron chi connectivity index (χ2n) is 25.6. The third-order valence-corrected chi connectivity index (χ3v) is 14.2. The van der Waals surface area contributed by atoms with Crippen LogP contribution in [-0.2, 0) is 52.6 Å². The van der Waals surface area contributed by atoms with Crippen molar-refractivity contribution in [1.82, 2.24) is 36.8 Å². The summed E-state index contributed by atoms with van der Waals surface area (Å²) in [6.07, 6.45) is 22.8. The number of nitrogens with zero attached hydrogens (tertiary/aromatic N) is 1. The van der Waals surface area contributed by atoms with Crippen molar-refractivity contribution >= 4 is 47.3 Å². The van der Waals surface area contributed by atoms with Gasteiger partial charge in [0.1, 0.15) is 6.04 Å². The van der Waals surface area contributed by atoms with Gasteiger partial charge in [-0.2, -0.15) is 0 Å². The Morgan fingerprint density at radius 3 is 1.65 bits per heavy atom. The highest BCUT2D eigenvalue weighted by Gasteiger charge is 2.29. The number of imide groups is 1. The summed E-state index contributed by atoms with van der Waals surface area (Å²) in [5.74, 6) is -2.52. The van der Waals surface area contributed by atoms with Crippen LogP contribution in [0, 0.1) is 33.0 Å². The summed E-state index contributed by atoms with van der Waals surface area (Å²) in [6, 6.07) is -1.03. The molecule has 18 nitrogen and oxygen atoms in total. The van der Waals surface area contributed by atoms with Crippen molar-refractivity contribution in [2.45, 2.75) is 199 Å². The Labute approximate surface area is 482 Å². The van der Waals surface area contributed by atoms with E-state index < -0.39 is 40.5 Å². The van der Waals surface area contributed by atoms with Crippen molar-refractivity contribution in [1.29, 1.82) is 0 Å². The maximum absolute atomic E-state index is 13.5. The molecule has 0 radical (unpaired) electrons. The summed E-state index contributed by atoms with van der Waals surface area (Å²) in [6.45, 7) is 30.2. The lowest BCUT2D eigenvalue weighted by Gasteiger charge is -2.26. The van der Waals surface area contributed by atoms with E-state index in [1.54, 1.807) is 0 Å². The third-order valence-electron chi connectivity index (χ3n) is 14.2. The zero-order valence-electron chi connectivity index (χ0n) is 51.9. The van der Waals surface area contributed by atoms with E-state index in [9.17, 15) is 38.4 Å². The molecule has 0 aliphatic carbocycles. The number of carbonyl (C=O) groups is 8. The van der Waals surface area contributed by atoms with Crippen molar-refractivity contribution in [2.24, 2.45) is 33.0 Å². The van der Waals surface area contributed by atoms with Gasteiger partial charge in [0, 0.05) is 82.5 Å². The second-order valence-corrected chi connectivity index (χ2v) is 25.6. The molecule has 1 rings (SSSR count). The van der Waals surface area contributed by atoms with Crippen LogP contribution in [0.1, 0.15) is 193 Å². The highest BCUT2D eigenvalue weighted by Crippen LogP contribution is 2.31. The number of carbonyl (C=O) groups excluding carboxylic acids is 8. The minimum atomic E-state index is -1.03. The Balaban J connectivity index is 2.63. The van der Waals surface area contributed by atoms with Crippen molar-refractivity contribution < 1.29 is 52.6 Å². The molecule has 458 valence electrons. The zero-order valence-corrected chi connectivity index (χ0v) is 51.9. The second kappa shape index (κ2) is 38.7. The lowest BCUT2D eigenvalue weighted by atomic mass is 9.82. The van der Waals surface area contributed by atoms with Gasteiger partial charge in [-0.3, -0.25) is 43.3 Å². The van der Waals surface area contributed by atoms with Crippen molar-refractivity contribution in [2.75, 3.05) is 78.9 Å². The molecule has 1 heterocycles. The third kappa shape index (κ3) is 35.7. The molecule has 0 aromatic heterocycles. The molecule has 1 unspecified atom stereocenters. The molecule has 1 aliphatic heterocycles. The maximum Gasteiger partial charge on any atom is 0.253 e. The summed E-state index contributed by atoms with van der Waals surface area (Å²) in [4.78, 5) is 102. The summed E-state index contributed by atoms with van der Waals surface area (Å²) in [5.41, 5.74) is -0.564. The van der Waals surface area contributed by atoms with Crippen molar-refractivity contribution in [3.63, 3.8) is 0 Å². The van der Waals surface area contributed by atoms with Gasteiger partial charge in [-0.1, -0.05) is 127 Å². The Hall–Kier alpha value is -4.94. The summed E-state index contributed by atoms with van der Waals surface area (Å²) in [5, 5.41) is 17.1. The SMILES string of the molecule is CCCC(C)(C)C/C=C\CCCC(C)(C)C(=O)NCCOCC(C)CNC(=O)CC[C@H](NC(=O)CC(C)(C)COCCNC(=O)CCN1C(=O)C=CC1=O)C(=O)NCCOCCNC(=O)CCC(C)(C)C/C=C\CC(C)(C)CCC. The van der Waals surface area contributed by atoms with Crippen LogP contribution in [0.5, 0.6) is 0 Å². The fourth-order valence-electron chi connectivity index (χ4n) is 9.07. The highest BCUT2D eigenvalue weighted by molar-refractivity contribution is 6.13. The first kappa shape index (κ1) is 73.1. The first-order valence-corrected chi connectivity index (χ1v) is 29.7. The molecule has 0 fully saturated rings. The fraction of sp³-hybridized carbons (Fsp3) is 0.774. The predicted octanol–water partition coefficient (Wildman–Crippen LogP) is 8.19. The van der Waals surface area contributed by atoms with Crippen molar-refractivity contribution in [3.05, 3.63) is 36.5 Å². The molecule has 0 bridgehead atoms. The van der Waals surface area contributed by atoms with Gasteiger partial charge in [0.2, 0.25) is 35.4 Å². The van der Waals surface area contributed by atoms with E-state index >= 15 is 0 Å². The number of nitrogens with one attached hydrogen (secondary N) is 6. The van der Waals surface area contributed by atoms with Crippen LogP contribution in [0.4, 0.5) is 0 Å². The maximum atomic E-state index is 13.5. The molecule has 8 amide bonds. The lowest BCUT2D eigenvalue weighted by Crippen LogP contribution is -2.49. The highest BCUT2D eigenvalue weighted by atomic mass is 16.5. The Kier molecular flexibility index (Phi) is 35.4. The predicted molar refractivity (Wildman–Crippen MR) is 317 cm³/mol. The average Bonchev–Trinajstić information content (AvgIpc) is 3.69. The minimum Gasteiger partial charge on any atom is -0.379 e. The molecule has 18 heteroatoms. The molecule has 0 aromatic carbocycles. The molecule has 1 aliphatic rings. The molecule has 0 aromatic rings. The zero-order chi connectivity index (χ0) is 60.3. The number of hydrogen-bond acceptors (Lipinski definition) is 11. The van der Waals surface area contributed by atoms with E-state index in [1.807, 2.05) is 34.6 Å². The molecule has 0 saturated heterocycles. The van der Waals surface area contributed by atoms with Gasteiger partial charge in [-0.05, 0) is 91.8 Å². The minimum absolute atomic E-state index is 0.00282. The van der Waals surface area contributed by atoms with Gasteiger partial charge in [-0.25, -0.2) is 0 Å².